The second-order valence-corrected chi connectivity index (χ2v) is 4.67. The van der Waals surface area contributed by atoms with Gasteiger partial charge in [0.15, 0.2) is 0 Å². The van der Waals surface area contributed by atoms with E-state index in [0.717, 1.165) is 5.69 Å². The van der Waals surface area contributed by atoms with Crippen LogP contribution < -0.4 is 4.90 Å². The molecule has 1 heterocycles. The predicted octanol–water partition coefficient (Wildman–Crippen LogP) is 1.81. The monoisotopic (exact) mass is 303 g/mol. The van der Waals surface area contributed by atoms with Crippen molar-refractivity contribution >= 4 is 34.2 Å². The van der Waals surface area contributed by atoms with E-state index in [-0.39, 0.29) is 5.92 Å². The van der Waals surface area contributed by atoms with E-state index in [0.29, 0.717) is 13.1 Å². The maximum Gasteiger partial charge on any atom is 0.310 e. The molecular formula is C10H10INO2. The van der Waals surface area contributed by atoms with Gasteiger partial charge in [-0.3, -0.25) is 4.79 Å². The summed E-state index contributed by atoms with van der Waals surface area (Å²) in [4.78, 5) is 12.7. The molecule has 3 nitrogen and oxygen atoms in total. The molecule has 1 aliphatic heterocycles. The molecule has 74 valence electrons. The molecule has 1 fully saturated rings. The highest BCUT2D eigenvalue weighted by Gasteiger charge is 2.32. The number of nitrogens with zero attached hydrogens (tertiary/aromatic N) is 1. The molecule has 1 saturated heterocycles. The summed E-state index contributed by atoms with van der Waals surface area (Å²) < 4.78 is 1.18. The minimum atomic E-state index is -0.688. The van der Waals surface area contributed by atoms with Gasteiger partial charge < -0.3 is 10.0 Å². The van der Waals surface area contributed by atoms with Gasteiger partial charge in [-0.05, 0) is 40.8 Å². The number of halogens is 1. The van der Waals surface area contributed by atoms with Gasteiger partial charge in [-0.1, -0.05) is 6.07 Å². The van der Waals surface area contributed by atoms with Crippen molar-refractivity contribution in [3.05, 3.63) is 27.8 Å². The Kier molecular flexibility index (Phi) is 2.62. The van der Waals surface area contributed by atoms with Crippen molar-refractivity contribution in [3.63, 3.8) is 0 Å². The smallest absolute Gasteiger partial charge is 0.310 e. The molecule has 0 atom stereocenters. The van der Waals surface area contributed by atoms with Crippen LogP contribution in [0.5, 0.6) is 0 Å². The summed E-state index contributed by atoms with van der Waals surface area (Å²) in [6.45, 7) is 1.27. The van der Waals surface area contributed by atoms with Gasteiger partial charge >= 0.3 is 5.97 Å². The van der Waals surface area contributed by atoms with E-state index in [4.69, 9.17) is 5.11 Å². The number of carboxylic acids is 1. The fourth-order valence-electron chi connectivity index (χ4n) is 1.52. The highest BCUT2D eigenvalue weighted by molar-refractivity contribution is 14.1. The maximum absolute atomic E-state index is 10.6. The first kappa shape index (κ1) is 9.76. The van der Waals surface area contributed by atoms with E-state index in [1.807, 2.05) is 18.2 Å². The van der Waals surface area contributed by atoms with Gasteiger partial charge in [0, 0.05) is 22.3 Å². The molecule has 1 aromatic rings. The first-order valence-corrected chi connectivity index (χ1v) is 5.48. The number of carbonyl (C=O) groups is 1. The molecule has 0 spiro atoms. The van der Waals surface area contributed by atoms with Crippen molar-refractivity contribution in [2.45, 2.75) is 0 Å². The van der Waals surface area contributed by atoms with Gasteiger partial charge in [0.25, 0.3) is 0 Å². The Morgan fingerprint density at radius 3 is 2.79 bits per heavy atom. The van der Waals surface area contributed by atoms with E-state index >= 15 is 0 Å². The van der Waals surface area contributed by atoms with Gasteiger partial charge in [-0.25, -0.2) is 0 Å². The molecule has 0 aliphatic carbocycles. The van der Waals surface area contributed by atoms with Gasteiger partial charge in [-0.15, -0.1) is 0 Å². The lowest BCUT2D eigenvalue weighted by Gasteiger charge is -2.38. The van der Waals surface area contributed by atoms with Crippen LogP contribution in [0.3, 0.4) is 0 Å². The second-order valence-electron chi connectivity index (χ2n) is 3.42. The van der Waals surface area contributed by atoms with Crippen molar-refractivity contribution in [1.29, 1.82) is 0 Å². The SMILES string of the molecule is O=C(O)C1CN(c2cccc(I)c2)C1. The van der Waals surface area contributed by atoms with Crippen molar-refractivity contribution < 1.29 is 9.90 Å². The molecule has 0 radical (unpaired) electrons. The van der Waals surface area contributed by atoms with Crippen LogP contribution in [-0.4, -0.2) is 24.2 Å². The highest BCUT2D eigenvalue weighted by Crippen LogP contribution is 2.25. The lowest BCUT2D eigenvalue weighted by atomic mass is 10.00. The molecule has 0 amide bonds. The predicted molar refractivity (Wildman–Crippen MR) is 62.5 cm³/mol. The third kappa shape index (κ3) is 1.84. The van der Waals surface area contributed by atoms with E-state index in [9.17, 15) is 4.79 Å². The normalized spacial score (nSPS) is 16.5. The van der Waals surface area contributed by atoms with Gasteiger partial charge in [0.1, 0.15) is 0 Å². The van der Waals surface area contributed by atoms with Crippen LogP contribution in [0.1, 0.15) is 0 Å². The van der Waals surface area contributed by atoms with Crippen molar-refractivity contribution in [3.8, 4) is 0 Å². The Balaban J connectivity index is 2.03. The number of anilines is 1. The fourth-order valence-corrected chi connectivity index (χ4v) is 2.05. The number of rotatable bonds is 2. The third-order valence-electron chi connectivity index (χ3n) is 2.40. The molecule has 2 rings (SSSR count). The molecule has 1 N–H and O–H groups in total. The Hall–Kier alpha value is -0.780. The molecule has 0 aromatic heterocycles. The van der Waals surface area contributed by atoms with Crippen LogP contribution in [0.25, 0.3) is 0 Å². The zero-order chi connectivity index (χ0) is 10.1. The van der Waals surface area contributed by atoms with E-state index in [1.165, 1.54) is 3.57 Å². The number of aliphatic carboxylic acids is 1. The first-order valence-electron chi connectivity index (χ1n) is 4.40. The summed E-state index contributed by atoms with van der Waals surface area (Å²) in [7, 11) is 0. The van der Waals surface area contributed by atoms with Crippen LogP contribution >= 0.6 is 22.6 Å². The van der Waals surface area contributed by atoms with Crippen LogP contribution in [-0.2, 0) is 4.79 Å². The Morgan fingerprint density at radius 1 is 1.50 bits per heavy atom. The summed E-state index contributed by atoms with van der Waals surface area (Å²) in [5.74, 6) is -0.875. The summed E-state index contributed by atoms with van der Waals surface area (Å²) in [6.07, 6.45) is 0. The lowest BCUT2D eigenvalue weighted by Crippen LogP contribution is -2.50. The molecule has 1 aliphatic rings. The minimum absolute atomic E-state index is 0.187. The molecular weight excluding hydrogens is 293 g/mol. The molecule has 0 unspecified atom stereocenters. The minimum Gasteiger partial charge on any atom is -0.481 e. The van der Waals surface area contributed by atoms with E-state index in [1.54, 1.807) is 0 Å². The average Bonchev–Trinajstić information content (AvgIpc) is 2.00. The number of benzene rings is 1. The lowest BCUT2D eigenvalue weighted by molar-refractivity contribution is -0.142. The second kappa shape index (κ2) is 3.76. The van der Waals surface area contributed by atoms with Crippen molar-refractivity contribution in [2.75, 3.05) is 18.0 Å². The zero-order valence-corrected chi connectivity index (χ0v) is 9.64. The standard InChI is InChI=1S/C10H10INO2/c11-8-2-1-3-9(4-8)12-5-7(6-12)10(13)14/h1-4,7H,5-6H2,(H,13,14). The third-order valence-corrected chi connectivity index (χ3v) is 3.08. The fraction of sp³-hybridized carbons (Fsp3) is 0.300. The van der Waals surface area contributed by atoms with E-state index < -0.39 is 5.97 Å². The highest BCUT2D eigenvalue weighted by atomic mass is 127. The van der Waals surface area contributed by atoms with Crippen molar-refractivity contribution in [1.82, 2.24) is 0 Å². The first-order chi connectivity index (χ1) is 6.66. The van der Waals surface area contributed by atoms with Gasteiger partial charge in [0.05, 0.1) is 5.92 Å². The maximum atomic E-state index is 10.6. The zero-order valence-electron chi connectivity index (χ0n) is 7.48. The van der Waals surface area contributed by atoms with E-state index in [2.05, 4.69) is 33.6 Å². The van der Waals surface area contributed by atoms with Crippen LogP contribution in [0.2, 0.25) is 0 Å². The van der Waals surface area contributed by atoms with Crippen LogP contribution in [0.15, 0.2) is 24.3 Å². The summed E-state index contributed by atoms with van der Waals surface area (Å²) in [5.41, 5.74) is 1.12. The Labute approximate surface area is 95.9 Å². The summed E-state index contributed by atoms with van der Waals surface area (Å²) in [5, 5.41) is 8.72. The van der Waals surface area contributed by atoms with Gasteiger partial charge in [0.2, 0.25) is 0 Å². The Morgan fingerprint density at radius 2 is 2.21 bits per heavy atom. The van der Waals surface area contributed by atoms with Crippen LogP contribution in [0, 0.1) is 9.49 Å². The molecule has 4 heteroatoms. The average molecular weight is 303 g/mol. The number of carboxylic acid groups (broad SMARTS) is 1. The van der Waals surface area contributed by atoms with Gasteiger partial charge in [-0.2, -0.15) is 0 Å². The number of hydrogen-bond acceptors (Lipinski definition) is 2. The topological polar surface area (TPSA) is 40.5 Å². The summed E-state index contributed by atoms with van der Waals surface area (Å²) >= 11 is 2.25. The molecule has 0 bridgehead atoms. The molecule has 0 saturated carbocycles. The summed E-state index contributed by atoms with van der Waals surface area (Å²) in [6, 6.07) is 8.10. The quantitative estimate of drug-likeness (QED) is 0.847. The number of hydrogen-bond donors (Lipinski definition) is 1. The van der Waals surface area contributed by atoms with Crippen molar-refractivity contribution in [2.24, 2.45) is 5.92 Å². The molecule has 14 heavy (non-hydrogen) atoms. The Bertz CT molecular complexity index is 361. The van der Waals surface area contributed by atoms with Crippen LogP contribution in [0.4, 0.5) is 5.69 Å². The largest absolute Gasteiger partial charge is 0.481 e. The molecule has 1 aromatic carbocycles.